The van der Waals surface area contributed by atoms with Gasteiger partial charge in [-0.3, -0.25) is 18.6 Å². The molecule has 12 heteroatoms. The average molecular weight is 786 g/mol. The van der Waals surface area contributed by atoms with E-state index in [0.29, 0.717) is 36.7 Å². The lowest BCUT2D eigenvalue weighted by atomic mass is 9.88. The zero-order chi connectivity index (χ0) is 40.2. The van der Waals surface area contributed by atoms with Crippen molar-refractivity contribution in [2.75, 3.05) is 40.9 Å². The monoisotopic (exact) mass is 786 g/mol. The molecule has 7 atom stereocenters. The number of rotatable bonds is 33. The summed E-state index contributed by atoms with van der Waals surface area (Å²) in [6.07, 6.45) is 26.9. The molecular weight excluding hydrogens is 707 g/mol. The fourth-order valence-corrected chi connectivity index (χ4v) is 7.28. The standard InChI is InChI=1S/C42H77N2O9P/c1-6-8-10-11-12-13-14-15-16-17-18-23-27-39(46)38(34-53-54(50,51)52-32-31-44(3,4)5)43-42(49)28-24-20-19-22-26-36-37(41(48)33-40(36)47)30-29-35(45)25-21-9-7-2/h15-16,23,27,29-30,35-40,45-47H,6-14,17-22,24-26,28,31-34H2,1-5H3,(H-,43,49,50,51)/p+1/b16-15-,27-23+,30-29+/t35-,36+,37+,38-,39+,40-/m0/s1. The predicted octanol–water partition coefficient (Wildman–Crippen LogP) is 7.72. The quantitative estimate of drug-likeness (QED) is 0.0194. The molecule has 0 radical (unpaired) electrons. The Morgan fingerprint density at radius 2 is 1.50 bits per heavy atom. The van der Waals surface area contributed by atoms with Gasteiger partial charge in [-0.1, -0.05) is 121 Å². The molecule has 54 heavy (non-hydrogen) atoms. The third-order valence-electron chi connectivity index (χ3n) is 9.99. The van der Waals surface area contributed by atoms with Crippen molar-refractivity contribution in [1.82, 2.24) is 5.32 Å². The molecule has 5 N–H and O–H groups in total. The van der Waals surface area contributed by atoms with E-state index in [2.05, 4.69) is 31.3 Å². The van der Waals surface area contributed by atoms with Crippen molar-refractivity contribution < 1.29 is 47.9 Å². The third-order valence-corrected chi connectivity index (χ3v) is 11.0. The number of aliphatic hydroxyl groups excluding tert-OH is 3. The highest BCUT2D eigenvalue weighted by Gasteiger charge is 2.39. The van der Waals surface area contributed by atoms with E-state index in [-0.39, 0.29) is 43.0 Å². The lowest BCUT2D eigenvalue weighted by molar-refractivity contribution is -0.870. The summed E-state index contributed by atoms with van der Waals surface area (Å²) in [6, 6.07) is -0.948. The molecule has 0 saturated heterocycles. The number of ketones is 1. The number of carbonyl (C=O) groups excluding carboxylic acids is 2. The average Bonchev–Trinajstić information content (AvgIpc) is 3.37. The van der Waals surface area contributed by atoms with E-state index in [9.17, 15) is 34.4 Å². The van der Waals surface area contributed by atoms with Crippen LogP contribution < -0.4 is 5.32 Å². The second-order valence-electron chi connectivity index (χ2n) is 16.1. The number of allylic oxidation sites excluding steroid dienone is 4. The van der Waals surface area contributed by atoms with E-state index < -0.39 is 38.8 Å². The van der Waals surface area contributed by atoms with Crippen molar-refractivity contribution in [2.45, 2.75) is 167 Å². The van der Waals surface area contributed by atoms with Crippen LogP contribution in [0.2, 0.25) is 0 Å². The van der Waals surface area contributed by atoms with E-state index in [0.717, 1.165) is 51.4 Å². The number of amides is 1. The van der Waals surface area contributed by atoms with E-state index in [1.54, 1.807) is 18.2 Å². The number of likely N-dealkylation sites (N-methyl/N-ethyl adjacent to an activating group) is 1. The highest BCUT2D eigenvalue weighted by atomic mass is 31.2. The van der Waals surface area contributed by atoms with E-state index in [4.69, 9.17) is 9.05 Å². The molecule has 0 spiro atoms. The molecule has 0 aromatic heterocycles. The van der Waals surface area contributed by atoms with Crippen LogP contribution in [0, 0.1) is 11.8 Å². The van der Waals surface area contributed by atoms with Gasteiger partial charge in [0.15, 0.2) is 0 Å². The number of carbonyl (C=O) groups is 2. The van der Waals surface area contributed by atoms with Gasteiger partial charge in [0.05, 0.1) is 52.1 Å². The Morgan fingerprint density at radius 3 is 2.22 bits per heavy atom. The Labute approximate surface area is 327 Å². The zero-order valence-corrected chi connectivity index (χ0v) is 35.3. The number of hydrogen-bond donors (Lipinski definition) is 5. The van der Waals surface area contributed by atoms with Crippen LogP contribution in [0.15, 0.2) is 36.5 Å². The lowest BCUT2D eigenvalue weighted by Crippen LogP contribution is -2.45. The molecule has 11 nitrogen and oxygen atoms in total. The first kappa shape index (κ1) is 50.3. The Hall–Kier alpha value is -1.69. The second-order valence-corrected chi connectivity index (χ2v) is 17.6. The normalized spacial score (nSPS) is 21.0. The van der Waals surface area contributed by atoms with Gasteiger partial charge >= 0.3 is 7.82 Å². The Bertz CT molecular complexity index is 1140. The smallest absolute Gasteiger partial charge is 0.392 e. The molecule has 1 unspecified atom stereocenters. The highest BCUT2D eigenvalue weighted by molar-refractivity contribution is 7.47. The first-order valence-electron chi connectivity index (χ1n) is 21.0. The summed E-state index contributed by atoms with van der Waals surface area (Å²) in [5.74, 6) is -0.835. The third kappa shape index (κ3) is 25.5. The second kappa shape index (κ2) is 29.5. The van der Waals surface area contributed by atoms with Gasteiger partial charge in [0.1, 0.15) is 18.9 Å². The minimum Gasteiger partial charge on any atom is -0.392 e. The van der Waals surface area contributed by atoms with Crippen molar-refractivity contribution in [3.8, 4) is 0 Å². The van der Waals surface area contributed by atoms with Crippen LogP contribution in [0.1, 0.15) is 142 Å². The number of aliphatic hydroxyl groups is 3. The van der Waals surface area contributed by atoms with Gasteiger partial charge in [-0.15, -0.1) is 0 Å². The SMILES string of the molecule is CCCCCCCC/C=C\CC/C=C/[C@@H](O)[C@H](COP(=O)(O)OCC[N+](C)(C)C)NC(=O)CCCCCC[C@H]1[C@@H](O)CC(=O)[C@@H]1/C=C/[C@@H](O)CCCCC. The number of phosphoric ester groups is 1. The van der Waals surface area contributed by atoms with E-state index >= 15 is 0 Å². The summed E-state index contributed by atoms with van der Waals surface area (Å²) in [5, 5.41) is 34.5. The Morgan fingerprint density at radius 1 is 0.870 bits per heavy atom. The number of phosphoric acid groups is 1. The molecule has 314 valence electrons. The van der Waals surface area contributed by atoms with Crippen LogP contribution in [-0.2, 0) is 23.2 Å². The van der Waals surface area contributed by atoms with Crippen molar-refractivity contribution >= 4 is 19.5 Å². The van der Waals surface area contributed by atoms with Crippen LogP contribution in [0.5, 0.6) is 0 Å². The highest BCUT2D eigenvalue weighted by Crippen LogP contribution is 2.43. The van der Waals surface area contributed by atoms with Crippen LogP contribution in [-0.4, -0.2) is 102 Å². The summed E-state index contributed by atoms with van der Waals surface area (Å²) in [7, 11) is 1.40. The maximum Gasteiger partial charge on any atom is 0.472 e. The van der Waals surface area contributed by atoms with E-state index in [1.165, 1.54) is 38.5 Å². The minimum absolute atomic E-state index is 0.0127. The molecule has 0 aliphatic heterocycles. The van der Waals surface area contributed by atoms with Crippen LogP contribution in [0.3, 0.4) is 0 Å². The molecule has 1 fully saturated rings. The summed E-state index contributed by atoms with van der Waals surface area (Å²) in [6.45, 7) is 4.44. The number of hydrogen-bond acceptors (Lipinski definition) is 8. The number of Topliss-reactive ketones (excluding diaryl/α,β-unsaturated/α-hetero) is 1. The zero-order valence-electron chi connectivity index (χ0n) is 34.4. The lowest BCUT2D eigenvalue weighted by Gasteiger charge is -2.25. The summed E-state index contributed by atoms with van der Waals surface area (Å²) in [4.78, 5) is 35.7. The molecule has 1 rings (SSSR count). The van der Waals surface area contributed by atoms with Gasteiger partial charge < -0.3 is 30.0 Å². The fraction of sp³-hybridized carbons (Fsp3) is 0.810. The van der Waals surface area contributed by atoms with Crippen molar-refractivity contribution in [1.29, 1.82) is 0 Å². The maximum atomic E-state index is 12.9. The van der Waals surface area contributed by atoms with Crippen LogP contribution in [0.25, 0.3) is 0 Å². The Balaban J connectivity index is 2.59. The molecule has 1 saturated carbocycles. The summed E-state index contributed by atoms with van der Waals surface area (Å²) in [5.41, 5.74) is 0. The first-order valence-corrected chi connectivity index (χ1v) is 22.5. The van der Waals surface area contributed by atoms with E-state index in [1.807, 2.05) is 27.2 Å². The maximum absolute atomic E-state index is 12.9. The van der Waals surface area contributed by atoms with Gasteiger partial charge in [-0.05, 0) is 50.9 Å². The molecule has 0 aromatic carbocycles. The van der Waals surface area contributed by atoms with Gasteiger partial charge in [-0.2, -0.15) is 0 Å². The van der Waals surface area contributed by atoms with Gasteiger partial charge in [-0.25, -0.2) is 4.57 Å². The largest absolute Gasteiger partial charge is 0.472 e. The predicted molar refractivity (Wildman–Crippen MR) is 218 cm³/mol. The molecule has 1 aliphatic carbocycles. The minimum atomic E-state index is -4.41. The van der Waals surface area contributed by atoms with Crippen molar-refractivity contribution in [3.05, 3.63) is 36.5 Å². The van der Waals surface area contributed by atoms with Gasteiger partial charge in [0.2, 0.25) is 5.91 Å². The number of unbranched alkanes of at least 4 members (excludes halogenated alkanes) is 12. The molecule has 0 aromatic rings. The molecule has 0 heterocycles. The molecule has 1 amide bonds. The van der Waals surface area contributed by atoms with Crippen molar-refractivity contribution in [2.24, 2.45) is 11.8 Å². The van der Waals surface area contributed by atoms with Gasteiger partial charge in [0.25, 0.3) is 0 Å². The van der Waals surface area contributed by atoms with Crippen LogP contribution >= 0.6 is 7.82 Å². The summed E-state index contributed by atoms with van der Waals surface area (Å²) >= 11 is 0. The first-order chi connectivity index (χ1) is 25.7. The molecule has 1 aliphatic rings. The van der Waals surface area contributed by atoms with Gasteiger partial charge in [0, 0.05) is 18.8 Å². The topological polar surface area (TPSA) is 163 Å². The van der Waals surface area contributed by atoms with Crippen LogP contribution in [0.4, 0.5) is 0 Å². The van der Waals surface area contributed by atoms with Crippen molar-refractivity contribution in [3.63, 3.8) is 0 Å². The number of nitrogens with zero attached hydrogens (tertiary/aromatic N) is 1. The number of quaternary nitrogens is 1. The fourth-order valence-electron chi connectivity index (χ4n) is 6.55. The molecule has 0 bridgehead atoms. The molecular formula is C42H78N2O9P+. The number of nitrogens with one attached hydrogen (secondary N) is 1. The Kier molecular flexibility index (Phi) is 27.5. The summed E-state index contributed by atoms with van der Waals surface area (Å²) < 4.78 is 23.5.